The second-order valence-corrected chi connectivity index (χ2v) is 6.03. The van der Waals surface area contributed by atoms with Gasteiger partial charge in [-0.05, 0) is 31.6 Å². The maximum atomic E-state index is 5.84. The lowest BCUT2D eigenvalue weighted by atomic mass is 10.2. The van der Waals surface area contributed by atoms with Gasteiger partial charge in [0.05, 0.1) is 11.2 Å². The number of fused-ring (bicyclic) bond motifs is 1. The van der Waals surface area contributed by atoms with Gasteiger partial charge < -0.3 is 4.90 Å². The summed E-state index contributed by atoms with van der Waals surface area (Å²) in [5.74, 6) is 0.728. The van der Waals surface area contributed by atoms with Gasteiger partial charge in [-0.3, -0.25) is 9.88 Å². The molecule has 2 aromatic rings. The molecule has 0 radical (unpaired) electrons. The molecular formula is C17H22ClN3. The number of rotatable bonds is 4. The molecule has 21 heavy (non-hydrogen) atoms. The molecule has 1 aliphatic heterocycles. The second-order valence-electron chi connectivity index (χ2n) is 5.66. The van der Waals surface area contributed by atoms with Crippen molar-refractivity contribution in [1.29, 1.82) is 0 Å². The fourth-order valence-corrected chi connectivity index (χ4v) is 3.19. The summed E-state index contributed by atoms with van der Waals surface area (Å²) in [6, 6.07) is 12.6. The molecule has 2 heterocycles. The highest BCUT2D eigenvalue weighted by molar-refractivity contribution is 6.18. The second kappa shape index (κ2) is 7.21. The van der Waals surface area contributed by atoms with E-state index in [1.807, 2.05) is 0 Å². The molecular weight excluding hydrogens is 282 g/mol. The van der Waals surface area contributed by atoms with Crippen LogP contribution >= 0.6 is 11.6 Å². The Hall–Kier alpha value is -1.16. The summed E-state index contributed by atoms with van der Waals surface area (Å²) in [5, 5.41) is 1.21. The van der Waals surface area contributed by atoms with Crippen molar-refractivity contribution in [3.63, 3.8) is 0 Å². The van der Waals surface area contributed by atoms with Crippen molar-refractivity contribution in [1.82, 2.24) is 14.8 Å². The molecule has 0 saturated carbocycles. The molecule has 0 N–H and O–H groups in total. The Bertz CT molecular complexity index is 587. The van der Waals surface area contributed by atoms with Gasteiger partial charge in [-0.2, -0.15) is 0 Å². The zero-order valence-electron chi connectivity index (χ0n) is 12.3. The third kappa shape index (κ3) is 3.94. The fourth-order valence-electron chi connectivity index (χ4n) is 2.95. The number of hydrogen-bond donors (Lipinski definition) is 0. The Balaban J connectivity index is 1.64. The number of nitrogens with zero attached hydrogens (tertiary/aromatic N) is 3. The van der Waals surface area contributed by atoms with Gasteiger partial charge in [0.15, 0.2) is 0 Å². The van der Waals surface area contributed by atoms with Crippen LogP contribution in [0.1, 0.15) is 12.1 Å². The maximum absolute atomic E-state index is 5.84. The zero-order chi connectivity index (χ0) is 14.5. The van der Waals surface area contributed by atoms with Gasteiger partial charge in [-0.25, -0.2) is 0 Å². The Kier molecular flexibility index (Phi) is 5.07. The van der Waals surface area contributed by atoms with Crippen LogP contribution in [0.15, 0.2) is 36.4 Å². The first kappa shape index (κ1) is 14.8. The number of hydrogen-bond acceptors (Lipinski definition) is 3. The normalized spacial score (nSPS) is 18.0. The van der Waals surface area contributed by atoms with Crippen molar-refractivity contribution >= 4 is 22.5 Å². The van der Waals surface area contributed by atoms with Crippen LogP contribution in [-0.4, -0.2) is 53.4 Å². The molecule has 112 valence electrons. The fraction of sp³-hybridized carbons (Fsp3) is 0.471. The lowest BCUT2D eigenvalue weighted by Gasteiger charge is -2.21. The Morgan fingerprint density at radius 1 is 0.952 bits per heavy atom. The van der Waals surface area contributed by atoms with E-state index in [9.17, 15) is 0 Å². The average molecular weight is 304 g/mol. The lowest BCUT2D eigenvalue weighted by molar-refractivity contribution is 0.256. The maximum Gasteiger partial charge on any atom is 0.0705 e. The molecule has 1 aromatic heterocycles. The lowest BCUT2D eigenvalue weighted by Crippen LogP contribution is -2.31. The molecule has 1 saturated heterocycles. The minimum absolute atomic E-state index is 0.728. The van der Waals surface area contributed by atoms with Crippen LogP contribution in [0.5, 0.6) is 0 Å². The van der Waals surface area contributed by atoms with E-state index in [0.29, 0.717) is 0 Å². The number of para-hydroxylation sites is 1. The molecule has 0 bridgehead atoms. The van der Waals surface area contributed by atoms with Crippen LogP contribution in [0.2, 0.25) is 0 Å². The van der Waals surface area contributed by atoms with E-state index in [-0.39, 0.29) is 0 Å². The monoisotopic (exact) mass is 303 g/mol. The molecule has 0 aliphatic carbocycles. The predicted octanol–water partition coefficient (Wildman–Crippen LogP) is 2.98. The van der Waals surface area contributed by atoms with Gasteiger partial charge in [0, 0.05) is 37.4 Å². The first-order valence-corrected chi connectivity index (χ1v) is 8.24. The van der Waals surface area contributed by atoms with Gasteiger partial charge in [0.1, 0.15) is 0 Å². The molecule has 3 rings (SSSR count). The first-order chi connectivity index (χ1) is 10.3. The van der Waals surface area contributed by atoms with Crippen LogP contribution in [0.3, 0.4) is 0 Å². The largest absolute Gasteiger partial charge is 0.301 e. The summed E-state index contributed by atoms with van der Waals surface area (Å²) in [5.41, 5.74) is 2.26. The molecule has 1 fully saturated rings. The van der Waals surface area contributed by atoms with Gasteiger partial charge in [-0.1, -0.05) is 24.3 Å². The number of alkyl halides is 1. The Labute approximate surface area is 131 Å². The highest BCUT2D eigenvalue weighted by Crippen LogP contribution is 2.14. The Morgan fingerprint density at radius 3 is 2.67 bits per heavy atom. The number of benzene rings is 1. The molecule has 1 aromatic carbocycles. The molecule has 4 heteroatoms. The van der Waals surface area contributed by atoms with Crippen molar-refractivity contribution in [2.24, 2.45) is 0 Å². The average Bonchev–Trinajstić information content (AvgIpc) is 2.73. The topological polar surface area (TPSA) is 19.4 Å². The van der Waals surface area contributed by atoms with Crippen LogP contribution < -0.4 is 0 Å². The Morgan fingerprint density at radius 2 is 1.76 bits per heavy atom. The summed E-state index contributed by atoms with van der Waals surface area (Å²) in [7, 11) is 0. The molecule has 3 nitrogen and oxygen atoms in total. The van der Waals surface area contributed by atoms with Crippen LogP contribution in [0, 0.1) is 0 Å². The summed E-state index contributed by atoms with van der Waals surface area (Å²) >= 11 is 5.84. The SMILES string of the molecule is ClCCN1CCCN(Cc2ccc3ccccc3n2)CC1. The van der Waals surface area contributed by atoms with E-state index < -0.39 is 0 Å². The predicted molar refractivity (Wildman–Crippen MR) is 88.8 cm³/mol. The van der Waals surface area contributed by atoms with E-state index in [4.69, 9.17) is 16.6 Å². The molecule has 1 aliphatic rings. The van der Waals surface area contributed by atoms with Crippen molar-refractivity contribution in [2.75, 3.05) is 38.6 Å². The summed E-state index contributed by atoms with van der Waals surface area (Å²) in [4.78, 5) is 9.74. The quantitative estimate of drug-likeness (QED) is 0.810. The first-order valence-electron chi connectivity index (χ1n) is 7.70. The van der Waals surface area contributed by atoms with E-state index in [0.717, 1.165) is 50.7 Å². The van der Waals surface area contributed by atoms with E-state index in [1.165, 1.54) is 17.5 Å². The van der Waals surface area contributed by atoms with Crippen LogP contribution in [0.4, 0.5) is 0 Å². The summed E-state index contributed by atoms with van der Waals surface area (Å²) < 4.78 is 0. The minimum atomic E-state index is 0.728. The van der Waals surface area contributed by atoms with Crippen molar-refractivity contribution < 1.29 is 0 Å². The molecule has 0 atom stereocenters. The van der Waals surface area contributed by atoms with Crippen LogP contribution in [0.25, 0.3) is 10.9 Å². The number of halogens is 1. The zero-order valence-corrected chi connectivity index (χ0v) is 13.1. The van der Waals surface area contributed by atoms with Crippen molar-refractivity contribution in [3.8, 4) is 0 Å². The highest BCUT2D eigenvalue weighted by Gasteiger charge is 2.14. The number of aromatic nitrogens is 1. The van der Waals surface area contributed by atoms with E-state index >= 15 is 0 Å². The standard InChI is InChI=1S/C17H22ClN3/c18-8-11-20-9-3-10-21(13-12-20)14-16-7-6-15-4-1-2-5-17(15)19-16/h1-2,4-7H,3,8-14H2. The minimum Gasteiger partial charge on any atom is -0.301 e. The van der Waals surface area contributed by atoms with Gasteiger partial charge in [0.25, 0.3) is 0 Å². The molecule has 0 unspecified atom stereocenters. The summed E-state index contributed by atoms with van der Waals surface area (Å²) in [6.45, 7) is 6.47. The van der Waals surface area contributed by atoms with Gasteiger partial charge >= 0.3 is 0 Å². The number of pyridine rings is 1. The van der Waals surface area contributed by atoms with Crippen molar-refractivity contribution in [2.45, 2.75) is 13.0 Å². The van der Waals surface area contributed by atoms with Gasteiger partial charge in [-0.15, -0.1) is 11.6 Å². The highest BCUT2D eigenvalue weighted by atomic mass is 35.5. The summed E-state index contributed by atoms with van der Waals surface area (Å²) in [6.07, 6.45) is 1.21. The van der Waals surface area contributed by atoms with Crippen LogP contribution in [-0.2, 0) is 6.54 Å². The smallest absolute Gasteiger partial charge is 0.0705 e. The molecule has 0 spiro atoms. The van der Waals surface area contributed by atoms with E-state index in [2.05, 4.69) is 46.2 Å². The third-order valence-corrected chi connectivity index (χ3v) is 4.29. The van der Waals surface area contributed by atoms with Crippen molar-refractivity contribution in [3.05, 3.63) is 42.1 Å². The third-order valence-electron chi connectivity index (χ3n) is 4.12. The molecule has 0 amide bonds. The van der Waals surface area contributed by atoms with E-state index in [1.54, 1.807) is 0 Å². The van der Waals surface area contributed by atoms with Gasteiger partial charge in [0.2, 0.25) is 0 Å².